The van der Waals surface area contributed by atoms with Gasteiger partial charge in [-0.05, 0) is 25.8 Å². The fourth-order valence-electron chi connectivity index (χ4n) is 2.05. The molecule has 0 bridgehead atoms. The lowest BCUT2D eigenvalue weighted by molar-refractivity contribution is -0.118. The fourth-order valence-corrected chi connectivity index (χ4v) is 2.05. The van der Waals surface area contributed by atoms with Gasteiger partial charge in [0, 0.05) is 12.5 Å². The van der Waals surface area contributed by atoms with E-state index in [9.17, 15) is 4.79 Å². The molecule has 14 heavy (non-hydrogen) atoms. The van der Waals surface area contributed by atoms with E-state index in [1.54, 1.807) is 0 Å². The van der Waals surface area contributed by atoms with Crippen LogP contribution in [0, 0.1) is 0 Å². The summed E-state index contributed by atoms with van der Waals surface area (Å²) in [5.41, 5.74) is 5.07. The second-order valence-electron chi connectivity index (χ2n) is 4.21. The van der Waals surface area contributed by atoms with E-state index in [0.717, 1.165) is 13.0 Å². The standard InChI is InChI=1S/C11H22N2O/c12-11(14)8-5-9-13-10-6-3-1-2-4-7-10/h10,13H,1-9H2,(H2,12,14). The average molecular weight is 198 g/mol. The van der Waals surface area contributed by atoms with Crippen molar-refractivity contribution in [1.29, 1.82) is 0 Å². The molecule has 1 aliphatic carbocycles. The molecule has 0 aromatic rings. The van der Waals surface area contributed by atoms with E-state index in [2.05, 4.69) is 5.32 Å². The molecule has 1 rings (SSSR count). The van der Waals surface area contributed by atoms with Gasteiger partial charge in [0.15, 0.2) is 0 Å². The first kappa shape index (κ1) is 11.5. The van der Waals surface area contributed by atoms with Crippen LogP contribution in [0.5, 0.6) is 0 Å². The Morgan fingerprint density at radius 3 is 2.43 bits per heavy atom. The van der Waals surface area contributed by atoms with Crippen molar-refractivity contribution in [1.82, 2.24) is 5.32 Å². The van der Waals surface area contributed by atoms with Crippen molar-refractivity contribution < 1.29 is 4.79 Å². The molecule has 3 nitrogen and oxygen atoms in total. The highest BCUT2D eigenvalue weighted by molar-refractivity contribution is 5.73. The van der Waals surface area contributed by atoms with E-state index in [0.29, 0.717) is 12.5 Å². The summed E-state index contributed by atoms with van der Waals surface area (Å²) in [7, 11) is 0. The Balaban J connectivity index is 2.01. The summed E-state index contributed by atoms with van der Waals surface area (Å²) in [6.07, 6.45) is 9.48. The van der Waals surface area contributed by atoms with E-state index in [-0.39, 0.29) is 5.91 Å². The Bertz CT molecular complexity index is 163. The molecular formula is C11H22N2O. The van der Waals surface area contributed by atoms with Crippen LogP contribution in [0.3, 0.4) is 0 Å². The zero-order chi connectivity index (χ0) is 10.2. The molecule has 0 aromatic carbocycles. The zero-order valence-electron chi connectivity index (χ0n) is 8.93. The van der Waals surface area contributed by atoms with Gasteiger partial charge in [-0.3, -0.25) is 4.79 Å². The van der Waals surface area contributed by atoms with Crippen LogP contribution in [-0.4, -0.2) is 18.5 Å². The summed E-state index contributed by atoms with van der Waals surface area (Å²) in [4.78, 5) is 10.5. The Labute approximate surface area is 86.4 Å². The average Bonchev–Trinajstić information content (AvgIpc) is 2.40. The Morgan fingerprint density at radius 1 is 1.21 bits per heavy atom. The molecule has 1 amide bonds. The van der Waals surface area contributed by atoms with Crippen LogP contribution in [0.15, 0.2) is 0 Å². The molecule has 0 spiro atoms. The molecule has 1 aliphatic rings. The molecule has 0 heterocycles. The maximum Gasteiger partial charge on any atom is 0.217 e. The third kappa shape index (κ3) is 5.22. The lowest BCUT2D eigenvalue weighted by atomic mass is 10.1. The monoisotopic (exact) mass is 198 g/mol. The molecule has 1 fully saturated rings. The summed E-state index contributed by atoms with van der Waals surface area (Å²) in [5, 5.41) is 3.51. The van der Waals surface area contributed by atoms with Crippen molar-refractivity contribution in [3.05, 3.63) is 0 Å². The highest BCUT2D eigenvalue weighted by atomic mass is 16.1. The van der Waals surface area contributed by atoms with Crippen molar-refractivity contribution >= 4 is 5.91 Å². The second-order valence-corrected chi connectivity index (χ2v) is 4.21. The number of rotatable bonds is 5. The third-order valence-corrected chi connectivity index (χ3v) is 2.89. The first-order chi connectivity index (χ1) is 6.79. The maximum absolute atomic E-state index is 10.5. The van der Waals surface area contributed by atoms with Gasteiger partial charge < -0.3 is 11.1 Å². The summed E-state index contributed by atoms with van der Waals surface area (Å²) in [5.74, 6) is -0.187. The zero-order valence-corrected chi connectivity index (χ0v) is 8.93. The number of hydrogen-bond acceptors (Lipinski definition) is 2. The van der Waals surface area contributed by atoms with Gasteiger partial charge in [0.1, 0.15) is 0 Å². The lowest BCUT2D eigenvalue weighted by Gasteiger charge is -2.15. The van der Waals surface area contributed by atoms with Crippen LogP contribution in [0.1, 0.15) is 51.4 Å². The minimum atomic E-state index is -0.187. The molecule has 0 atom stereocenters. The third-order valence-electron chi connectivity index (χ3n) is 2.89. The predicted molar refractivity (Wildman–Crippen MR) is 57.9 cm³/mol. The van der Waals surface area contributed by atoms with Crippen LogP contribution >= 0.6 is 0 Å². The summed E-state index contributed by atoms with van der Waals surface area (Å²) >= 11 is 0. The molecule has 0 aromatic heterocycles. The van der Waals surface area contributed by atoms with Gasteiger partial charge in [-0.1, -0.05) is 25.7 Å². The first-order valence-electron chi connectivity index (χ1n) is 5.81. The molecular weight excluding hydrogens is 176 g/mol. The molecule has 3 heteroatoms. The minimum Gasteiger partial charge on any atom is -0.370 e. The van der Waals surface area contributed by atoms with E-state index < -0.39 is 0 Å². The number of nitrogens with one attached hydrogen (secondary N) is 1. The topological polar surface area (TPSA) is 55.1 Å². The van der Waals surface area contributed by atoms with E-state index in [4.69, 9.17) is 5.73 Å². The predicted octanol–water partition coefficient (Wildman–Crippen LogP) is 1.56. The van der Waals surface area contributed by atoms with Crippen LogP contribution in [0.2, 0.25) is 0 Å². The highest BCUT2D eigenvalue weighted by Gasteiger charge is 2.10. The van der Waals surface area contributed by atoms with Crippen LogP contribution < -0.4 is 11.1 Å². The fraction of sp³-hybridized carbons (Fsp3) is 0.909. The van der Waals surface area contributed by atoms with Gasteiger partial charge in [0.05, 0.1) is 0 Å². The van der Waals surface area contributed by atoms with Crippen molar-refractivity contribution in [2.45, 2.75) is 57.4 Å². The van der Waals surface area contributed by atoms with Crippen molar-refractivity contribution in [2.24, 2.45) is 5.73 Å². The number of hydrogen-bond donors (Lipinski definition) is 2. The first-order valence-corrected chi connectivity index (χ1v) is 5.81. The Kier molecular flexibility index (Phi) is 5.60. The number of carbonyl (C=O) groups is 1. The molecule has 0 saturated heterocycles. The lowest BCUT2D eigenvalue weighted by Crippen LogP contribution is -2.29. The van der Waals surface area contributed by atoms with Crippen LogP contribution in [0.4, 0.5) is 0 Å². The molecule has 0 radical (unpaired) electrons. The van der Waals surface area contributed by atoms with Crippen molar-refractivity contribution in [3.8, 4) is 0 Å². The van der Waals surface area contributed by atoms with Crippen LogP contribution in [-0.2, 0) is 4.79 Å². The van der Waals surface area contributed by atoms with E-state index >= 15 is 0 Å². The molecule has 1 saturated carbocycles. The van der Waals surface area contributed by atoms with Gasteiger partial charge in [0.25, 0.3) is 0 Å². The normalized spacial score (nSPS) is 19.1. The molecule has 82 valence electrons. The number of nitrogens with two attached hydrogens (primary N) is 1. The maximum atomic E-state index is 10.5. The Morgan fingerprint density at radius 2 is 1.86 bits per heavy atom. The van der Waals surface area contributed by atoms with E-state index in [1.165, 1.54) is 38.5 Å². The Hall–Kier alpha value is -0.570. The van der Waals surface area contributed by atoms with Gasteiger partial charge in [-0.25, -0.2) is 0 Å². The van der Waals surface area contributed by atoms with Gasteiger partial charge in [-0.15, -0.1) is 0 Å². The van der Waals surface area contributed by atoms with Gasteiger partial charge in [-0.2, -0.15) is 0 Å². The quantitative estimate of drug-likeness (QED) is 0.520. The smallest absolute Gasteiger partial charge is 0.217 e. The summed E-state index contributed by atoms with van der Waals surface area (Å²) < 4.78 is 0. The SMILES string of the molecule is NC(=O)CCCNC1CCCCCC1. The molecule has 0 unspecified atom stereocenters. The van der Waals surface area contributed by atoms with Crippen molar-refractivity contribution in [3.63, 3.8) is 0 Å². The minimum absolute atomic E-state index is 0.187. The molecule has 3 N–H and O–H groups in total. The van der Waals surface area contributed by atoms with E-state index in [1.807, 2.05) is 0 Å². The van der Waals surface area contributed by atoms with Gasteiger partial charge in [0.2, 0.25) is 5.91 Å². The molecule has 0 aliphatic heterocycles. The number of primary amides is 1. The van der Waals surface area contributed by atoms with Crippen molar-refractivity contribution in [2.75, 3.05) is 6.54 Å². The number of carbonyl (C=O) groups excluding carboxylic acids is 1. The highest BCUT2D eigenvalue weighted by Crippen LogP contribution is 2.16. The summed E-state index contributed by atoms with van der Waals surface area (Å²) in [6.45, 7) is 0.938. The van der Waals surface area contributed by atoms with Gasteiger partial charge >= 0.3 is 0 Å². The number of amides is 1. The largest absolute Gasteiger partial charge is 0.370 e. The second kappa shape index (κ2) is 6.82. The summed E-state index contributed by atoms with van der Waals surface area (Å²) in [6, 6.07) is 0.686. The van der Waals surface area contributed by atoms with Crippen LogP contribution in [0.25, 0.3) is 0 Å².